The van der Waals surface area contributed by atoms with Crippen molar-refractivity contribution in [2.24, 2.45) is 35.6 Å². The van der Waals surface area contributed by atoms with Crippen LogP contribution in [0.4, 0.5) is 5.95 Å². The molecule has 0 saturated heterocycles. The first-order chi connectivity index (χ1) is 13.3. The van der Waals surface area contributed by atoms with Gasteiger partial charge in [0.25, 0.3) is 0 Å². The molecule has 0 bridgehead atoms. The number of carbonyl (C=O) groups is 1. The van der Waals surface area contributed by atoms with Gasteiger partial charge in [0, 0.05) is 44.0 Å². The number of carbonyl (C=O) groups excluding carboxylic acids is 1. The van der Waals surface area contributed by atoms with Crippen molar-refractivity contribution < 1.29 is 4.79 Å². The van der Waals surface area contributed by atoms with Gasteiger partial charge in [0.2, 0.25) is 11.9 Å². The van der Waals surface area contributed by atoms with Crippen LogP contribution in [0.2, 0.25) is 0 Å². The highest BCUT2D eigenvalue weighted by molar-refractivity contribution is 5.89. The quantitative estimate of drug-likeness (QED) is 0.845. The van der Waals surface area contributed by atoms with Gasteiger partial charge < -0.3 is 14.8 Å². The second kappa shape index (κ2) is 6.11. The number of fused-ring (bicyclic) bond motifs is 5. The molecule has 1 N–H and O–H groups in total. The van der Waals surface area contributed by atoms with E-state index in [1.807, 2.05) is 30.4 Å². The molecule has 1 aromatic rings. The van der Waals surface area contributed by atoms with E-state index in [0.29, 0.717) is 23.4 Å². The Bertz CT molecular complexity index is 815. The Morgan fingerprint density at radius 3 is 2.68 bits per heavy atom. The molecule has 0 spiro atoms. The van der Waals surface area contributed by atoms with Gasteiger partial charge in [-0.15, -0.1) is 0 Å². The summed E-state index contributed by atoms with van der Waals surface area (Å²) < 4.78 is 2.09. The van der Waals surface area contributed by atoms with Crippen LogP contribution in [0.25, 0.3) is 0 Å². The van der Waals surface area contributed by atoms with Crippen molar-refractivity contribution in [1.29, 1.82) is 0 Å². The maximum absolute atomic E-state index is 12.2. The van der Waals surface area contributed by atoms with Gasteiger partial charge in [0.15, 0.2) is 0 Å². The van der Waals surface area contributed by atoms with Gasteiger partial charge in [-0.3, -0.25) is 4.79 Å². The van der Waals surface area contributed by atoms with Crippen molar-refractivity contribution >= 4 is 11.9 Å². The molecule has 1 aliphatic heterocycles. The lowest BCUT2D eigenvalue weighted by Gasteiger charge is -2.60. The molecule has 7 atom stereocenters. The molecule has 28 heavy (non-hydrogen) atoms. The fraction of sp³-hybridized carbons (Fsp3) is 0.739. The Morgan fingerprint density at radius 1 is 1.11 bits per heavy atom. The number of nitrogens with one attached hydrogen (secondary N) is 1. The van der Waals surface area contributed by atoms with Crippen molar-refractivity contribution in [2.75, 3.05) is 12.4 Å². The Morgan fingerprint density at radius 2 is 1.93 bits per heavy atom. The maximum atomic E-state index is 12.2. The summed E-state index contributed by atoms with van der Waals surface area (Å²) in [7, 11) is 4.07. The zero-order valence-corrected chi connectivity index (χ0v) is 17.7. The van der Waals surface area contributed by atoms with Crippen LogP contribution in [0.3, 0.4) is 0 Å². The molecular formula is C23H34N4O. The molecule has 2 heterocycles. The van der Waals surface area contributed by atoms with Gasteiger partial charge in [0.1, 0.15) is 0 Å². The van der Waals surface area contributed by atoms with E-state index in [2.05, 4.69) is 41.8 Å². The van der Waals surface area contributed by atoms with Gasteiger partial charge in [0.05, 0.1) is 0 Å². The largest absolute Gasteiger partial charge is 0.352 e. The predicted molar refractivity (Wildman–Crippen MR) is 111 cm³/mol. The summed E-state index contributed by atoms with van der Waals surface area (Å²) in [6.45, 7) is 4.96. The minimum Gasteiger partial charge on any atom is -0.352 e. The number of hydrogen-bond acceptors (Lipinski definition) is 3. The third kappa shape index (κ3) is 2.37. The number of amides is 1. The molecule has 3 aliphatic carbocycles. The van der Waals surface area contributed by atoms with Crippen molar-refractivity contribution in [3.8, 4) is 0 Å². The number of imidazole rings is 1. The van der Waals surface area contributed by atoms with Gasteiger partial charge in [-0.1, -0.05) is 19.9 Å². The minimum atomic E-state index is 0.137. The Kier molecular flexibility index (Phi) is 3.98. The van der Waals surface area contributed by atoms with Gasteiger partial charge in [-0.25, -0.2) is 4.98 Å². The number of nitrogens with zero attached hydrogens (tertiary/aromatic N) is 3. The van der Waals surface area contributed by atoms with E-state index in [9.17, 15) is 4.79 Å². The lowest BCUT2D eigenvalue weighted by atomic mass is 9.48. The third-order valence-corrected chi connectivity index (χ3v) is 9.25. The molecule has 3 saturated carbocycles. The van der Waals surface area contributed by atoms with Crippen molar-refractivity contribution in [3.63, 3.8) is 0 Å². The Labute approximate surface area is 168 Å². The summed E-state index contributed by atoms with van der Waals surface area (Å²) in [5, 5.41) is 3.79. The zero-order chi connectivity index (χ0) is 19.7. The second-order valence-corrected chi connectivity index (χ2v) is 10.3. The highest BCUT2D eigenvalue weighted by atomic mass is 16.2. The minimum absolute atomic E-state index is 0.137. The fourth-order valence-corrected chi connectivity index (χ4v) is 7.64. The summed E-state index contributed by atoms with van der Waals surface area (Å²) in [6.07, 6.45) is 15.5. The number of aryl methyl sites for hydroxylation is 1. The molecule has 1 amide bonds. The van der Waals surface area contributed by atoms with Crippen LogP contribution < -0.4 is 5.32 Å². The Balaban J connectivity index is 1.42. The van der Waals surface area contributed by atoms with Gasteiger partial charge in [-0.2, -0.15) is 0 Å². The van der Waals surface area contributed by atoms with Gasteiger partial charge >= 0.3 is 0 Å². The molecule has 0 aromatic carbocycles. The average Bonchev–Trinajstić information content (AvgIpc) is 3.22. The van der Waals surface area contributed by atoms with Crippen LogP contribution >= 0.6 is 0 Å². The number of aromatic nitrogens is 2. The summed E-state index contributed by atoms with van der Waals surface area (Å²) in [5.41, 5.74) is 0.481. The molecule has 3 fully saturated rings. The first-order valence-corrected chi connectivity index (χ1v) is 11.0. The first kappa shape index (κ1) is 18.3. The molecular weight excluding hydrogens is 348 g/mol. The Hall–Kier alpha value is -1.78. The highest BCUT2D eigenvalue weighted by Crippen LogP contribution is 2.64. The van der Waals surface area contributed by atoms with E-state index >= 15 is 0 Å². The van der Waals surface area contributed by atoms with Crippen LogP contribution in [0.5, 0.6) is 0 Å². The first-order valence-electron chi connectivity index (χ1n) is 11.0. The van der Waals surface area contributed by atoms with E-state index in [1.54, 1.807) is 0 Å². The van der Waals surface area contributed by atoms with Crippen LogP contribution in [0.1, 0.15) is 52.4 Å². The smallest absolute Gasteiger partial charge is 0.246 e. The van der Waals surface area contributed by atoms with Gasteiger partial charge in [-0.05, 0) is 67.8 Å². The summed E-state index contributed by atoms with van der Waals surface area (Å²) in [4.78, 5) is 18.8. The van der Waals surface area contributed by atoms with Crippen LogP contribution in [0, 0.1) is 28.6 Å². The number of anilines is 1. The normalized spacial score (nSPS) is 44.8. The third-order valence-electron chi connectivity index (χ3n) is 9.25. The predicted octanol–water partition coefficient (Wildman–Crippen LogP) is 3.84. The fourth-order valence-electron chi connectivity index (χ4n) is 7.64. The number of likely N-dealkylation sites (N-methyl/N-ethyl adjacent to an activating group) is 1. The second-order valence-electron chi connectivity index (χ2n) is 10.3. The highest BCUT2D eigenvalue weighted by Gasteiger charge is 2.60. The van der Waals surface area contributed by atoms with Crippen molar-refractivity contribution in [2.45, 2.75) is 64.5 Å². The van der Waals surface area contributed by atoms with Crippen LogP contribution in [-0.4, -0.2) is 39.5 Å². The number of rotatable bonds is 2. The zero-order valence-electron chi connectivity index (χ0n) is 17.7. The average molecular weight is 383 g/mol. The standard InChI is InChI=1S/C23H34N4O/c1-22-11-9-17-15(5-8-19-23(17,2)12-10-20(28)27(19)4)16(22)6-7-18(22)25-21-24-13-14-26(21)3/h10,12-19H,5-9,11H2,1-4H3,(H,24,25)/t15-,16-,17+,18?,19?,22-,23+/m0/s1. The van der Waals surface area contributed by atoms with E-state index in [-0.39, 0.29) is 11.3 Å². The number of hydrogen-bond donors (Lipinski definition) is 1. The van der Waals surface area contributed by atoms with E-state index in [1.165, 1.54) is 32.1 Å². The molecule has 5 heteroatoms. The summed E-state index contributed by atoms with van der Waals surface area (Å²) in [6, 6.07) is 0.884. The maximum Gasteiger partial charge on any atom is 0.246 e. The van der Waals surface area contributed by atoms with E-state index in [0.717, 1.165) is 24.2 Å². The van der Waals surface area contributed by atoms with E-state index < -0.39 is 0 Å². The topological polar surface area (TPSA) is 50.2 Å². The molecule has 2 unspecified atom stereocenters. The molecule has 5 rings (SSSR count). The van der Waals surface area contributed by atoms with Crippen LogP contribution in [-0.2, 0) is 11.8 Å². The lowest BCUT2D eigenvalue weighted by molar-refractivity contribution is -0.138. The summed E-state index contributed by atoms with van der Waals surface area (Å²) >= 11 is 0. The monoisotopic (exact) mass is 382 g/mol. The molecule has 152 valence electrons. The van der Waals surface area contributed by atoms with E-state index in [4.69, 9.17) is 0 Å². The summed E-state index contributed by atoms with van der Waals surface area (Å²) in [5.74, 6) is 3.43. The molecule has 0 radical (unpaired) electrons. The van der Waals surface area contributed by atoms with Crippen molar-refractivity contribution in [3.05, 3.63) is 24.5 Å². The SMILES string of the molecule is CN1C(=O)C=C[C@@]2(C)C1CC[C@@H]1[C@H]2CC[C@]2(C)C(Nc3nccn3C)CC[C@@H]12. The van der Waals surface area contributed by atoms with Crippen molar-refractivity contribution in [1.82, 2.24) is 14.5 Å². The van der Waals surface area contributed by atoms with Crippen LogP contribution in [0.15, 0.2) is 24.5 Å². The molecule has 1 aromatic heterocycles. The lowest BCUT2D eigenvalue weighted by Crippen LogP contribution is -2.60. The molecule has 5 nitrogen and oxygen atoms in total. The molecule has 4 aliphatic rings.